The Kier molecular flexibility index (Phi) is 8.26. The topological polar surface area (TPSA) is 123 Å². The van der Waals surface area contributed by atoms with Gasteiger partial charge in [0.2, 0.25) is 0 Å². The number of nitrogens with zero attached hydrogens (tertiary/aromatic N) is 2. The number of aliphatic carboxylic acids is 1. The smallest absolute Gasteiger partial charge is 0.328 e. The summed E-state index contributed by atoms with van der Waals surface area (Å²) in [5.41, 5.74) is 0. The van der Waals surface area contributed by atoms with Crippen LogP contribution in [0.2, 0.25) is 0 Å². The van der Waals surface area contributed by atoms with Crippen molar-refractivity contribution in [1.29, 1.82) is 5.26 Å². The molecular weight excluding hydrogens is 242 g/mol. The fourth-order valence-electron chi connectivity index (χ4n) is 1.13. The highest BCUT2D eigenvalue weighted by Gasteiger charge is 2.22. The molecule has 0 heterocycles. The van der Waals surface area contributed by atoms with Gasteiger partial charge in [-0.25, -0.2) is 9.59 Å². The van der Waals surface area contributed by atoms with E-state index in [4.69, 9.17) is 20.2 Å². The average Bonchev–Trinajstić information content (AvgIpc) is 2.35. The van der Waals surface area contributed by atoms with Gasteiger partial charge in [0.15, 0.2) is 6.04 Å². The minimum atomic E-state index is -1.36. The number of methoxy groups -OCH3 is 1. The lowest BCUT2D eigenvalue weighted by Gasteiger charge is -2.23. The Hall–Kier alpha value is -1.85. The highest BCUT2D eigenvalue weighted by molar-refractivity contribution is 5.82. The first-order valence-corrected chi connectivity index (χ1v) is 5.31. The quantitative estimate of drug-likeness (QED) is 0.514. The molecule has 0 unspecified atom stereocenters. The third kappa shape index (κ3) is 6.03. The molecule has 0 aliphatic heterocycles. The second kappa shape index (κ2) is 9.21. The van der Waals surface area contributed by atoms with Crippen LogP contribution in [0.3, 0.4) is 0 Å². The third-order valence-electron chi connectivity index (χ3n) is 2.12. The lowest BCUT2D eigenvalue weighted by molar-refractivity contribution is -0.140. The molecule has 18 heavy (non-hydrogen) atoms. The molecule has 0 fully saturated rings. The van der Waals surface area contributed by atoms with Crippen molar-refractivity contribution in [2.24, 2.45) is 0 Å². The molecule has 3 N–H and O–H groups in total. The van der Waals surface area contributed by atoms with Gasteiger partial charge in [0.1, 0.15) is 0 Å². The van der Waals surface area contributed by atoms with E-state index in [1.165, 1.54) is 12.0 Å². The molecule has 0 aromatic carbocycles. The molecule has 0 aromatic heterocycles. The molecule has 0 saturated heterocycles. The first kappa shape index (κ1) is 16.1. The maximum Gasteiger partial charge on any atom is 0.328 e. The fraction of sp³-hybridized carbons (Fsp3) is 0.700. The summed E-state index contributed by atoms with van der Waals surface area (Å²) in [6.45, 7) is -0.0155. The van der Waals surface area contributed by atoms with Crippen LogP contribution in [0.1, 0.15) is 6.42 Å². The van der Waals surface area contributed by atoms with E-state index in [1.54, 1.807) is 0 Å². The zero-order chi connectivity index (χ0) is 14.0. The largest absolute Gasteiger partial charge is 0.480 e. The number of nitriles is 1. The first-order valence-electron chi connectivity index (χ1n) is 5.31. The molecule has 1 atom stereocenters. The Bertz CT molecular complexity index is 315. The number of carboxylic acid groups (broad SMARTS) is 1. The van der Waals surface area contributed by atoms with Crippen molar-refractivity contribution in [2.45, 2.75) is 12.5 Å². The summed E-state index contributed by atoms with van der Waals surface area (Å²) < 4.78 is 4.81. The molecule has 0 aromatic rings. The predicted octanol–water partition coefficient (Wildman–Crippen LogP) is -0.996. The van der Waals surface area contributed by atoms with E-state index >= 15 is 0 Å². The van der Waals surface area contributed by atoms with Gasteiger partial charge in [-0.05, 0) is 0 Å². The molecule has 0 radical (unpaired) electrons. The van der Waals surface area contributed by atoms with Crippen molar-refractivity contribution >= 4 is 12.0 Å². The SMILES string of the molecule is COCCN(CCC#N)C(=O)N[C@@H](CO)C(=O)O. The van der Waals surface area contributed by atoms with E-state index in [0.29, 0.717) is 0 Å². The Morgan fingerprint density at radius 3 is 2.61 bits per heavy atom. The minimum absolute atomic E-state index is 0.133. The summed E-state index contributed by atoms with van der Waals surface area (Å²) >= 11 is 0. The number of carboxylic acids is 1. The van der Waals surface area contributed by atoms with Crippen molar-refractivity contribution in [3.8, 4) is 6.07 Å². The highest BCUT2D eigenvalue weighted by Crippen LogP contribution is 1.95. The molecule has 0 rings (SSSR count). The van der Waals surface area contributed by atoms with E-state index in [0.717, 1.165) is 0 Å². The Morgan fingerprint density at radius 1 is 1.50 bits per heavy atom. The molecule has 8 heteroatoms. The normalized spacial score (nSPS) is 11.4. The Morgan fingerprint density at radius 2 is 2.17 bits per heavy atom. The highest BCUT2D eigenvalue weighted by atomic mass is 16.5. The summed E-state index contributed by atoms with van der Waals surface area (Å²) in [5, 5.41) is 28.1. The minimum Gasteiger partial charge on any atom is -0.480 e. The van der Waals surface area contributed by atoms with Crippen LogP contribution >= 0.6 is 0 Å². The number of carbonyl (C=O) groups excluding carboxylic acids is 1. The first-order chi connectivity index (χ1) is 8.56. The number of urea groups is 1. The summed E-state index contributed by atoms with van der Waals surface area (Å²) in [4.78, 5) is 23.6. The molecule has 0 spiro atoms. The van der Waals surface area contributed by atoms with Gasteiger partial charge in [0.05, 0.1) is 25.7 Å². The third-order valence-corrected chi connectivity index (χ3v) is 2.12. The van der Waals surface area contributed by atoms with E-state index in [2.05, 4.69) is 5.32 Å². The molecule has 0 aliphatic rings. The standard InChI is InChI=1S/C10H17N3O5/c1-18-6-5-13(4-2-3-11)10(17)12-8(7-14)9(15)16/h8,14H,2,4-7H2,1H3,(H,12,17)(H,15,16)/t8-/m0/s1. The van der Waals surface area contributed by atoms with Gasteiger partial charge in [-0.3, -0.25) is 0 Å². The fourth-order valence-corrected chi connectivity index (χ4v) is 1.13. The number of amides is 2. The maximum atomic E-state index is 11.7. The lowest BCUT2D eigenvalue weighted by Crippen LogP contribution is -2.50. The van der Waals surface area contributed by atoms with Crippen molar-refractivity contribution in [3.63, 3.8) is 0 Å². The van der Waals surface area contributed by atoms with Crippen LogP contribution < -0.4 is 5.32 Å². The number of hydrogen-bond donors (Lipinski definition) is 3. The van der Waals surface area contributed by atoms with E-state index in [-0.39, 0.29) is 26.1 Å². The molecular formula is C10H17N3O5. The summed E-state index contributed by atoms with van der Waals surface area (Å²) in [6.07, 6.45) is 0.133. The van der Waals surface area contributed by atoms with E-state index < -0.39 is 24.6 Å². The molecule has 0 aliphatic carbocycles. The van der Waals surface area contributed by atoms with Crippen LogP contribution in [-0.2, 0) is 9.53 Å². The number of rotatable bonds is 8. The number of nitrogens with one attached hydrogen (secondary N) is 1. The monoisotopic (exact) mass is 259 g/mol. The zero-order valence-electron chi connectivity index (χ0n) is 10.1. The number of hydrogen-bond acceptors (Lipinski definition) is 5. The Balaban J connectivity index is 4.43. The zero-order valence-corrected chi connectivity index (χ0v) is 10.1. The van der Waals surface area contributed by atoms with Gasteiger partial charge >= 0.3 is 12.0 Å². The van der Waals surface area contributed by atoms with Crippen LogP contribution in [0.15, 0.2) is 0 Å². The molecule has 0 bridgehead atoms. The van der Waals surface area contributed by atoms with Crippen LogP contribution in [-0.4, -0.2) is 66.6 Å². The van der Waals surface area contributed by atoms with Gasteiger partial charge < -0.3 is 25.2 Å². The van der Waals surface area contributed by atoms with Crippen molar-refractivity contribution < 1.29 is 24.5 Å². The van der Waals surface area contributed by atoms with Crippen LogP contribution in [0, 0.1) is 11.3 Å². The van der Waals surface area contributed by atoms with Crippen LogP contribution in [0.4, 0.5) is 4.79 Å². The molecule has 0 saturated carbocycles. The number of aliphatic hydroxyl groups excluding tert-OH is 1. The van der Waals surface area contributed by atoms with Gasteiger partial charge in [0.25, 0.3) is 0 Å². The summed E-state index contributed by atoms with van der Waals surface area (Å²) in [5.74, 6) is -1.32. The van der Waals surface area contributed by atoms with Crippen LogP contribution in [0.25, 0.3) is 0 Å². The van der Waals surface area contributed by atoms with Gasteiger partial charge in [-0.2, -0.15) is 5.26 Å². The van der Waals surface area contributed by atoms with E-state index in [9.17, 15) is 9.59 Å². The predicted molar refractivity (Wildman–Crippen MR) is 60.7 cm³/mol. The van der Waals surface area contributed by atoms with Crippen molar-refractivity contribution in [2.75, 3.05) is 33.4 Å². The second-order valence-electron chi connectivity index (χ2n) is 3.41. The van der Waals surface area contributed by atoms with Gasteiger partial charge in [0, 0.05) is 20.2 Å². The van der Waals surface area contributed by atoms with Crippen molar-refractivity contribution in [3.05, 3.63) is 0 Å². The van der Waals surface area contributed by atoms with E-state index in [1.807, 2.05) is 6.07 Å². The molecule has 8 nitrogen and oxygen atoms in total. The van der Waals surface area contributed by atoms with Crippen molar-refractivity contribution in [1.82, 2.24) is 10.2 Å². The lowest BCUT2D eigenvalue weighted by atomic mass is 10.3. The maximum absolute atomic E-state index is 11.7. The summed E-state index contributed by atoms with van der Waals surface area (Å²) in [6, 6.07) is -0.115. The summed E-state index contributed by atoms with van der Waals surface area (Å²) in [7, 11) is 1.47. The molecule has 102 valence electrons. The number of aliphatic hydroxyl groups is 1. The van der Waals surface area contributed by atoms with Gasteiger partial charge in [-0.15, -0.1) is 0 Å². The van der Waals surface area contributed by atoms with Crippen LogP contribution in [0.5, 0.6) is 0 Å². The number of carbonyl (C=O) groups is 2. The second-order valence-corrected chi connectivity index (χ2v) is 3.41. The Labute approximate surface area is 105 Å². The molecule has 2 amide bonds. The number of ether oxygens (including phenoxy) is 1. The average molecular weight is 259 g/mol. The van der Waals surface area contributed by atoms with Gasteiger partial charge in [-0.1, -0.05) is 0 Å².